The van der Waals surface area contributed by atoms with Crippen LogP contribution in [0.2, 0.25) is 0 Å². The normalized spacial score (nSPS) is 12.6. The summed E-state index contributed by atoms with van der Waals surface area (Å²) >= 11 is 1.47. The maximum absolute atomic E-state index is 13.0. The topological polar surface area (TPSA) is 38.0 Å². The van der Waals surface area contributed by atoms with Crippen molar-refractivity contribution in [2.24, 2.45) is 7.05 Å². The number of nitrogens with zero attached hydrogens (tertiary/aromatic N) is 2. The third kappa shape index (κ3) is 4.36. The predicted molar refractivity (Wildman–Crippen MR) is 74.7 cm³/mol. The summed E-state index contributed by atoms with van der Waals surface area (Å²) in [5.41, 5.74) is 0. The van der Waals surface area contributed by atoms with Crippen LogP contribution >= 0.6 is 11.8 Å². The van der Waals surface area contributed by atoms with Crippen LogP contribution in [0.5, 0.6) is 0 Å². The molecule has 2 aromatic rings. The minimum Gasteiger partial charge on any atom is -0.392 e. The smallest absolute Gasteiger partial charge is 0.124 e. The van der Waals surface area contributed by atoms with E-state index in [1.807, 2.05) is 23.9 Å². The van der Waals surface area contributed by atoms with Gasteiger partial charge in [0.15, 0.2) is 0 Å². The van der Waals surface area contributed by atoms with Gasteiger partial charge < -0.3 is 9.67 Å². The number of aliphatic hydroxyl groups is 1. The Morgan fingerprint density at radius 3 is 3.00 bits per heavy atom. The molecule has 0 fully saturated rings. The number of hydrogen-bond acceptors (Lipinski definition) is 3. The average Bonchev–Trinajstić information content (AvgIpc) is 2.80. The van der Waals surface area contributed by atoms with Crippen molar-refractivity contribution in [3.05, 3.63) is 48.3 Å². The van der Waals surface area contributed by atoms with Crippen molar-refractivity contribution in [2.75, 3.05) is 5.75 Å². The van der Waals surface area contributed by atoms with Gasteiger partial charge in [0.2, 0.25) is 0 Å². The zero-order chi connectivity index (χ0) is 13.7. The lowest BCUT2D eigenvalue weighted by Crippen LogP contribution is -2.12. The van der Waals surface area contributed by atoms with Gasteiger partial charge in [0.1, 0.15) is 11.6 Å². The van der Waals surface area contributed by atoms with Crippen LogP contribution in [0.4, 0.5) is 4.39 Å². The molecule has 0 spiro atoms. The summed E-state index contributed by atoms with van der Waals surface area (Å²) in [7, 11) is 1.94. The number of halogens is 1. The largest absolute Gasteiger partial charge is 0.392 e. The van der Waals surface area contributed by atoms with Crippen LogP contribution in [0, 0.1) is 5.82 Å². The van der Waals surface area contributed by atoms with Gasteiger partial charge in [-0.3, -0.25) is 0 Å². The Morgan fingerprint density at radius 1 is 1.47 bits per heavy atom. The van der Waals surface area contributed by atoms with Crippen LogP contribution in [-0.2, 0) is 13.5 Å². The molecule has 0 bridgehead atoms. The quantitative estimate of drug-likeness (QED) is 0.827. The number of thioether (sulfide) groups is 1. The van der Waals surface area contributed by atoms with Crippen molar-refractivity contribution in [2.45, 2.75) is 23.8 Å². The standard InChI is InChI=1S/C14H17FN2OS/c1-17-8-7-16-14(17)6-5-12(18)10-19-13-4-2-3-11(15)9-13/h2-4,7-9,12,18H,5-6,10H2,1H3. The molecular weight excluding hydrogens is 263 g/mol. The molecule has 1 N–H and O–H groups in total. The highest BCUT2D eigenvalue weighted by atomic mass is 32.2. The molecule has 0 saturated heterocycles. The molecule has 0 radical (unpaired) electrons. The predicted octanol–water partition coefficient (Wildman–Crippen LogP) is 2.65. The first-order valence-corrected chi connectivity index (χ1v) is 7.16. The van der Waals surface area contributed by atoms with Crippen molar-refractivity contribution in [3.8, 4) is 0 Å². The fourth-order valence-corrected chi connectivity index (χ4v) is 2.69. The van der Waals surface area contributed by atoms with Gasteiger partial charge in [-0.25, -0.2) is 9.37 Å². The molecule has 1 heterocycles. The Bertz CT molecular complexity index is 530. The van der Waals surface area contributed by atoms with E-state index in [0.717, 1.165) is 17.1 Å². The van der Waals surface area contributed by atoms with Crippen LogP contribution in [0.25, 0.3) is 0 Å². The van der Waals surface area contributed by atoms with E-state index in [0.29, 0.717) is 12.2 Å². The van der Waals surface area contributed by atoms with Gasteiger partial charge in [0.25, 0.3) is 0 Å². The molecular formula is C14H17FN2OS. The second kappa shape index (κ2) is 6.73. The summed E-state index contributed by atoms with van der Waals surface area (Å²) in [5.74, 6) is 1.29. The van der Waals surface area contributed by atoms with E-state index < -0.39 is 6.10 Å². The number of aliphatic hydroxyl groups excluding tert-OH is 1. The van der Waals surface area contributed by atoms with Gasteiger partial charge in [-0.05, 0) is 24.6 Å². The SMILES string of the molecule is Cn1ccnc1CCC(O)CSc1cccc(F)c1. The average molecular weight is 280 g/mol. The maximum atomic E-state index is 13.0. The Labute approximate surface area is 116 Å². The molecule has 19 heavy (non-hydrogen) atoms. The molecule has 2 rings (SSSR count). The molecule has 3 nitrogen and oxygen atoms in total. The van der Waals surface area contributed by atoms with E-state index in [9.17, 15) is 9.50 Å². The van der Waals surface area contributed by atoms with Crippen LogP contribution in [-0.4, -0.2) is 26.5 Å². The second-order valence-electron chi connectivity index (χ2n) is 4.42. The van der Waals surface area contributed by atoms with E-state index in [1.165, 1.54) is 23.9 Å². The van der Waals surface area contributed by atoms with Gasteiger partial charge in [0.05, 0.1) is 6.10 Å². The van der Waals surface area contributed by atoms with E-state index in [4.69, 9.17) is 0 Å². The summed E-state index contributed by atoms with van der Waals surface area (Å²) in [6, 6.07) is 6.43. The number of benzene rings is 1. The van der Waals surface area contributed by atoms with Crippen LogP contribution in [0.3, 0.4) is 0 Å². The molecule has 1 unspecified atom stereocenters. The number of imidazole rings is 1. The molecule has 0 aliphatic heterocycles. The number of aromatic nitrogens is 2. The van der Waals surface area contributed by atoms with E-state index >= 15 is 0 Å². The van der Waals surface area contributed by atoms with Gasteiger partial charge >= 0.3 is 0 Å². The third-order valence-corrected chi connectivity index (χ3v) is 4.00. The maximum Gasteiger partial charge on any atom is 0.124 e. The van der Waals surface area contributed by atoms with Crippen molar-refractivity contribution in [3.63, 3.8) is 0 Å². The molecule has 5 heteroatoms. The van der Waals surface area contributed by atoms with E-state index in [2.05, 4.69) is 4.98 Å². The van der Waals surface area contributed by atoms with Crippen molar-refractivity contribution >= 4 is 11.8 Å². The summed E-state index contributed by atoms with van der Waals surface area (Å²) in [5, 5.41) is 9.92. The molecule has 0 saturated carbocycles. The van der Waals surface area contributed by atoms with Gasteiger partial charge in [-0.1, -0.05) is 6.07 Å². The minimum absolute atomic E-state index is 0.243. The van der Waals surface area contributed by atoms with Crippen LogP contribution in [0.15, 0.2) is 41.6 Å². The molecule has 1 aromatic heterocycles. The van der Waals surface area contributed by atoms with Crippen LogP contribution < -0.4 is 0 Å². The van der Waals surface area contributed by atoms with Gasteiger partial charge in [-0.2, -0.15) is 0 Å². The first-order valence-electron chi connectivity index (χ1n) is 6.18. The molecule has 0 amide bonds. The Hall–Kier alpha value is -1.33. The summed E-state index contributed by atoms with van der Waals surface area (Å²) in [4.78, 5) is 5.06. The molecule has 1 aromatic carbocycles. The highest BCUT2D eigenvalue weighted by molar-refractivity contribution is 7.99. The fourth-order valence-electron chi connectivity index (χ4n) is 1.77. The monoisotopic (exact) mass is 280 g/mol. The molecule has 0 aliphatic rings. The summed E-state index contributed by atoms with van der Waals surface area (Å²) < 4.78 is 14.9. The van der Waals surface area contributed by atoms with E-state index in [1.54, 1.807) is 12.3 Å². The summed E-state index contributed by atoms with van der Waals surface area (Å²) in [6.45, 7) is 0. The summed E-state index contributed by atoms with van der Waals surface area (Å²) in [6.07, 6.45) is 4.64. The van der Waals surface area contributed by atoms with Gasteiger partial charge in [-0.15, -0.1) is 11.8 Å². The van der Waals surface area contributed by atoms with E-state index in [-0.39, 0.29) is 5.82 Å². The first-order chi connectivity index (χ1) is 9.15. The van der Waals surface area contributed by atoms with Crippen LogP contribution in [0.1, 0.15) is 12.2 Å². The highest BCUT2D eigenvalue weighted by Crippen LogP contribution is 2.20. The Morgan fingerprint density at radius 2 is 2.32 bits per heavy atom. The molecule has 0 aliphatic carbocycles. The Kier molecular flexibility index (Phi) is 4.99. The number of hydrogen-bond donors (Lipinski definition) is 1. The zero-order valence-electron chi connectivity index (χ0n) is 10.8. The van der Waals surface area contributed by atoms with Crippen molar-refractivity contribution < 1.29 is 9.50 Å². The van der Waals surface area contributed by atoms with Crippen molar-refractivity contribution in [1.82, 2.24) is 9.55 Å². The first kappa shape index (κ1) is 14.1. The molecule has 102 valence electrons. The highest BCUT2D eigenvalue weighted by Gasteiger charge is 2.08. The lowest BCUT2D eigenvalue weighted by Gasteiger charge is -2.10. The fraction of sp³-hybridized carbons (Fsp3) is 0.357. The van der Waals surface area contributed by atoms with Crippen molar-refractivity contribution in [1.29, 1.82) is 0 Å². The zero-order valence-corrected chi connectivity index (χ0v) is 11.6. The second-order valence-corrected chi connectivity index (χ2v) is 5.51. The number of aryl methyl sites for hydroxylation is 2. The lowest BCUT2D eigenvalue weighted by molar-refractivity contribution is 0.188. The lowest BCUT2D eigenvalue weighted by atomic mass is 10.2. The minimum atomic E-state index is -0.412. The molecule has 1 atom stereocenters. The third-order valence-electron chi connectivity index (χ3n) is 2.86. The van der Waals surface area contributed by atoms with Gasteiger partial charge in [0, 0.05) is 36.5 Å². The Balaban J connectivity index is 1.76. The number of rotatable bonds is 6.